The SMILES string of the molecule is CC(C)(S(=O)(=O)NCC#N)S(=O)(=O)NCC#N. The number of hydrogen-bond acceptors (Lipinski definition) is 6. The molecular formula is C7H12N4O4S2. The van der Waals surface area contributed by atoms with Crippen LogP contribution >= 0.6 is 0 Å². The lowest BCUT2D eigenvalue weighted by atomic mass is 10.5. The van der Waals surface area contributed by atoms with E-state index in [1.165, 1.54) is 12.1 Å². The molecule has 0 rings (SSSR count). The number of sulfonamides is 2. The number of nitrogens with zero attached hydrogens (tertiary/aromatic N) is 2. The van der Waals surface area contributed by atoms with Gasteiger partial charge in [0.25, 0.3) is 0 Å². The summed E-state index contributed by atoms with van der Waals surface area (Å²) in [6, 6.07) is 3.07. The molecule has 0 aromatic heterocycles. The molecule has 0 aliphatic heterocycles. The fraction of sp³-hybridized carbons (Fsp3) is 0.714. The Morgan fingerprint density at radius 3 is 1.47 bits per heavy atom. The van der Waals surface area contributed by atoms with E-state index in [9.17, 15) is 16.8 Å². The molecule has 0 aromatic rings. The summed E-state index contributed by atoms with van der Waals surface area (Å²) < 4.78 is 48.1. The fourth-order valence-electron chi connectivity index (χ4n) is 0.747. The second-order valence-corrected chi connectivity index (χ2v) is 8.26. The highest BCUT2D eigenvalue weighted by Crippen LogP contribution is 2.21. The standard InChI is InChI=1S/C7H12N4O4S2/c1-7(2,16(12,13)10-5-3-8)17(14,15)11-6-4-9/h10-11H,5-6H2,1-2H3. The summed E-state index contributed by atoms with van der Waals surface area (Å²) in [5.74, 6) is 0. The molecule has 0 heterocycles. The highest BCUT2D eigenvalue weighted by atomic mass is 32.3. The quantitative estimate of drug-likeness (QED) is 0.574. The first-order chi connectivity index (χ1) is 7.62. The maximum atomic E-state index is 11.7. The van der Waals surface area contributed by atoms with Crippen LogP contribution in [0.2, 0.25) is 0 Å². The van der Waals surface area contributed by atoms with Crippen molar-refractivity contribution in [1.29, 1.82) is 10.5 Å². The Kier molecular flexibility index (Phi) is 5.04. The van der Waals surface area contributed by atoms with Crippen LogP contribution in [0.3, 0.4) is 0 Å². The van der Waals surface area contributed by atoms with Crippen molar-refractivity contribution in [2.24, 2.45) is 0 Å². The third-order valence-corrected chi connectivity index (χ3v) is 6.93. The minimum Gasteiger partial charge on any atom is -0.211 e. The van der Waals surface area contributed by atoms with E-state index in [1.54, 1.807) is 0 Å². The summed E-state index contributed by atoms with van der Waals surface area (Å²) in [5, 5.41) is 16.5. The van der Waals surface area contributed by atoms with E-state index >= 15 is 0 Å². The smallest absolute Gasteiger partial charge is 0.211 e. The number of nitrogens with one attached hydrogen (secondary N) is 2. The molecule has 0 saturated carbocycles. The zero-order chi connectivity index (χ0) is 13.7. The van der Waals surface area contributed by atoms with Crippen LogP contribution in [0.15, 0.2) is 0 Å². The summed E-state index contributed by atoms with van der Waals surface area (Å²) in [7, 11) is -8.48. The van der Waals surface area contributed by atoms with Gasteiger partial charge in [0.1, 0.15) is 0 Å². The van der Waals surface area contributed by atoms with Gasteiger partial charge in [-0.05, 0) is 13.8 Å². The highest BCUT2D eigenvalue weighted by Gasteiger charge is 2.46. The fourth-order valence-corrected chi connectivity index (χ4v) is 3.46. The van der Waals surface area contributed by atoms with Crippen LogP contribution in [0, 0.1) is 22.7 Å². The Morgan fingerprint density at radius 1 is 0.941 bits per heavy atom. The van der Waals surface area contributed by atoms with E-state index in [2.05, 4.69) is 0 Å². The zero-order valence-electron chi connectivity index (χ0n) is 9.26. The minimum absolute atomic E-state index is 0.528. The van der Waals surface area contributed by atoms with Crippen molar-refractivity contribution in [3.63, 3.8) is 0 Å². The van der Waals surface area contributed by atoms with Crippen molar-refractivity contribution >= 4 is 20.0 Å². The van der Waals surface area contributed by atoms with Gasteiger partial charge in [0.2, 0.25) is 20.0 Å². The monoisotopic (exact) mass is 280 g/mol. The average molecular weight is 280 g/mol. The van der Waals surface area contributed by atoms with Crippen LogP contribution in [0.4, 0.5) is 0 Å². The van der Waals surface area contributed by atoms with Crippen molar-refractivity contribution in [1.82, 2.24) is 9.44 Å². The molecule has 0 fully saturated rings. The third-order valence-electron chi connectivity index (χ3n) is 1.98. The van der Waals surface area contributed by atoms with Crippen molar-refractivity contribution in [3.8, 4) is 12.1 Å². The predicted octanol–water partition coefficient (Wildman–Crippen LogP) is -1.39. The number of rotatable bonds is 6. The van der Waals surface area contributed by atoms with Gasteiger partial charge in [-0.3, -0.25) is 0 Å². The topological polar surface area (TPSA) is 140 Å². The van der Waals surface area contributed by atoms with Crippen molar-refractivity contribution in [2.45, 2.75) is 17.9 Å². The molecule has 0 radical (unpaired) electrons. The highest BCUT2D eigenvalue weighted by molar-refractivity contribution is 8.08. The molecule has 0 saturated heterocycles. The van der Waals surface area contributed by atoms with Crippen molar-refractivity contribution in [3.05, 3.63) is 0 Å². The van der Waals surface area contributed by atoms with Crippen LogP contribution in [-0.4, -0.2) is 34.0 Å². The minimum atomic E-state index is -4.24. The van der Waals surface area contributed by atoms with Gasteiger partial charge in [0.05, 0.1) is 25.2 Å². The van der Waals surface area contributed by atoms with Gasteiger partial charge in [-0.25, -0.2) is 16.8 Å². The van der Waals surface area contributed by atoms with E-state index in [4.69, 9.17) is 10.5 Å². The van der Waals surface area contributed by atoms with Gasteiger partial charge in [-0.2, -0.15) is 20.0 Å². The molecule has 0 aliphatic rings. The molecule has 10 heteroatoms. The van der Waals surface area contributed by atoms with Crippen LogP contribution < -0.4 is 9.44 Å². The predicted molar refractivity (Wildman–Crippen MR) is 59.2 cm³/mol. The molecule has 0 bridgehead atoms. The van der Waals surface area contributed by atoms with Crippen molar-refractivity contribution < 1.29 is 16.8 Å². The molecule has 96 valence electrons. The largest absolute Gasteiger partial charge is 0.233 e. The zero-order valence-corrected chi connectivity index (χ0v) is 10.9. The summed E-state index contributed by atoms with van der Waals surface area (Å²) in [4.78, 5) is 0. The molecule has 17 heavy (non-hydrogen) atoms. The maximum Gasteiger partial charge on any atom is 0.233 e. The molecule has 0 aromatic carbocycles. The molecule has 0 spiro atoms. The van der Waals surface area contributed by atoms with Crippen molar-refractivity contribution in [2.75, 3.05) is 13.1 Å². The molecular weight excluding hydrogens is 268 g/mol. The summed E-state index contributed by atoms with van der Waals surface area (Å²) in [5.41, 5.74) is 0. The molecule has 0 amide bonds. The van der Waals surface area contributed by atoms with Crippen LogP contribution in [0.1, 0.15) is 13.8 Å². The third kappa shape index (κ3) is 3.38. The van der Waals surface area contributed by atoms with Crippen LogP contribution in [0.25, 0.3) is 0 Å². The van der Waals surface area contributed by atoms with Gasteiger partial charge in [-0.1, -0.05) is 0 Å². The first kappa shape index (κ1) is 15.8. The average Bonchev–Trinajstić information content (AvgIpc) is 2.23. The number of hydrogen-bond donors (Lipinski definition) is 2. The Bertz CT molecular complexity index is 500. The molecule has 0 unspecified atom stereocenters. The van der Waals surface area contributed by atoms with Gasteiger partial charge in [0.15, 0.2) is 4.08 Å². The summed E-state index contributed by atoms with van der Waals surface area (Å²) in [6.45, 7) is 0.873. The molecule has 0 atom stereocenters. The lowest BCUT2D eigenvalue weighted by Gasteiger charge is -2.24. The maximum absolute atomic E-state index is 11.7. The van der Waals surface area contributed by atoms with Crippen LogP contribution in [0.5, 0.6) is 0 Å². The van der Waals surface area contributed by atoms with E-state index in [0.29, 0.717) is 0 Å². The first-order valence-electron chi connectivity index (χ1n) is 4.34. The first-order valence-corrected chi connectivity index (χ1v) is 7.31. The second kappa shape index (κ2) is 5.42. The normalized spacial score (nSPS) is 12.7. The van der Waals surface area contributed by atoms with Crippen LogP contribution in [-0.2, 0) is 20.0 Å². The Morgan fingerprint density at radius 2 is 1.24 bits per heavy atom. The lowest BCUT2D eigenvalue weighted by Crippen LogP contribution is -2.52. The summed E-state index contributed by atoms with van der Waals surface area (Å²) in [6.07, 6.45) is 0. The number of nitriles is 2. The second-order valence-electron chi connectivity index (χ2n) is 3.37. The van der Waals surface area contributed by atoms with E-state index in [-0.39, 0.29) is 0 Å². The lowest BCUT2D eigenvalue weighted by molar-refractivity contribution is 0.543. The van der Waals surface area contributed by atoms with E-state index < -0.39 is 37.2 Å². The Labute approximate surface area is 100 Å². The van der Waals surface area contributed by atoms with Gasteiger partial charge < -0.3 is 0 Å². The van der Waals surface area contributed by atoms with E-state index in [1.807, 2.05) is 9.44 Å². The Balaban J connectivity index is 5.29. The molecule has 8 nitrogen and oxygen atoms in total. The molecule has 2 N–H and O–H groups in total. The summed E-state index contributed by atoms with van der Waals surface area (Å²) >= 11 is 0. The molecule has 0 aliphatic carbocycles. The Hall–Kier alpha value is -1.20. The van der Waals surface area contributed by atoms with E-state index in [0.717, 1.165) is 13.8 Å². The van der Waals surface area contributed by atoms with Gasteiger partial charge in [-0.15, -0.1) is 0 Å². The van der Waals surface area contributed by atoms with Gasteiger partial charge in [0, 0.05) is 0 Å². The van der Waals surface area contributed by atoms with Gasteiger partial charge >= 0.3 is 0 Å².